The molecule has 0 radical (unpaired) electrons. The van der Waals surface area contributed by atoms with Gasteiger partial charge in [-0.25, -0.2) is 4.79 Å². The second-order valence-electron chi connectivity index (χ2n) is 4.66. The lowest BCUT2D eigenvalue weighted by atomic mass is 10.2. The van der Waals surface area contributed by atoms with Crippen LogP contribution in [-0.2, 0) is 4.74 Å². The van der Waals surface area contributed by atoms with E-state index >= 15 is 0 Å². The van der Waals surface area contributed by atoms with Gasteiger partial charge in [-0.2, -0.15) is 0 Å². The second kappa shape index (κ2) is 5.57. The van der Waals surface area contributed by atoms with Crippen LogP contribution < -0.4 is 5.56 Å². The predicted molar refractivity (Wildman–Crippen MR) is 86.1 cm³/mol. The lowest BCUT2D eigenvalue weighted by Crippen LogP contribution is -2.20. The number of methoxy groups -OCH3 is 1. The van der Waals surface area contributed by atoms with Crippen LogP contribution in [-0.4, -0.2) is 22.6 Å². The first-order chi connectivity index (χ1) is 10.6. The molecule has 0 aliphatic rings. The number of H-pyrrole nitrogens is 1. The zero-order chi connectivity index (χ0) is 15.7. The molecule has 0 saturated heterocycles. The number of benzene rings is 2. The Hall–Kier alpha value is -2.73. The van der Waals surface area contributed by atoms with Crippen LogP contribution in [0, 0.1) is 4.77 Å². The molecule has 1 N–H and O–H groups in total. The van der Waals surface area contributed by atoms with Gasteiger partial charge in [-0.15, -0.1) is 0 Å². The summed E-state index contributed by atoms with van der Waals surface area (Å²) in [5, 5.41) is 0.527. The van der Waals surface area contributed by atoms with Gasteiger partial charge in [-0.3, -0.25) is 9.36 Å². The molecule has 1 heterocycles. The average Bonchev–Trinajstić information content (AvgIpc) is 2.54. The van der Waals surface area contributed by atoms with E-state index in [0.717, 1.165) is 0 Å². The molecule has 0 amide bonds. The third-order valence-corrected chi connectivity index (χ3v) is 3.62. The third kappa shape index (κ3) is 2.33. The summed E-state index contributed by atoms with van der Waals surface area (Å²) in [6.45, 7) is 0. The highest BCUT2D eigenvalue weighted by Crippen LogP contribution is 2.13. The normalized spacial score (nSPS) is 10.6. The van der Waals surface area contributed by atoms with Crippen LogP contribution >= 0.6 is 12.2 Å². The minimum Gasteiger partial charge on any atom is -0.465 e. The Balaban J connectivity index is 2.29. The molecular weight excluding hydrogens is 300 g/mol. The predicted octanol–water partition coefficient (Wildman–Crippen LogP) is 2.83. The number of esters is 1. The summed E-state index contributed by atoms with van der Waals surface area (Å²) in [7, 11) is 1.31. The lowest BCUT2D eigenvalue weighted by Gasteiger charge is -2.09. The van der Waals surface area contributed by atoms with Gasteiger partial charge in [0.25, 0.3) is 5.56 Å². The number of nitrogens with one attached hydrogen (secondary N) is 1. The number of fused-ring (bicyclic) bond motifs is 1. The molecule has 6 heteroatoms. The fourth-order valence-electron chi connectivity index (χ4n) is 2.29. The van der Waals surface area contributed by atoms with Gasteiger partial charge in [0.05, 0.1) is 29.3 Å². The molecule has 0 aliphatic heterocycles. The molecule has 2 aromatic carbocycles. The number of para-hydroxylation sites is 1. The number of nitrogens with zero attached hydrogens (tertiary/aromatic N) is 1. The molecule has 22 heavy (non-hydrogen) atoms. The number of hydrogen-bond donors (Lipinski definition) is 1. The second-order valence-corrected chi connectivity index (χ2v) is 5.04. The van der Waals surface area contributed by atoms with Crippen molar-refractivity contribution >= 4 is 29.1 Å². The third-order valence-electron chi connectivity index (χ3n) is 3.33. The highest BCUT2D eigenvalue weighted by molar-refractivity contribution is 7.71. The van der Waals surface area contributed by atoms with Crippen molar-refractivity contribution in [1.29, 1.82) is 0 Å². The van der Waals surface area contributed by atoms with Crippen molar-refractivity contribution in [1.82, 2.24) is 9.55 Å². The van der Waals surface area contributed by atoms with Gasteiger partial charge >= 0.3 is 5.97 Å². The Kier molecular flexibility index (Phi) is 3.60. The number of ether oxygens (including phenoxy) is 1. The number of hydrogen-bond acceptors (Lipinski definition) is 4. The van der Waals surface area contributed by atoms with E-state index in [4.69, 9.17) is 17.0 Å². The number of aromatic nitrogens is 2. The fourth-order valence-corrected chi connectivity index (χ4v) is 2.59. The van der Waals surface area contributed by atoms with E-state index in [1.807, 2.05) is 6.07 Å². The summed E-state index contributed by atoms with van der Waals surface area (Å²) in [5.74, 6) is -0.467. The van der Waals surface area contributed by atoms with Crippen molar-refractivity contribution in [2.75, 3.05) is 7.11 Å². The van der Waals surface area contributed by atoms with Crippen molar-refractivity contribution in [2.24, 2.45) is 0 Å². The Morgan fingerprint density at radius 2 is 1.95 bits per heavy atom. The highest BCUT2D eigenvalue weighted by atomic mass is 32.1. The van der Waals surface area contributed by atoms with E-state index in [0.29, 0.717) is 22.2 Å². The van der Waals surface area contributed by atoms with Crippen LogP contribution in [0.4, 0.5) is 0 Å². The molecule has 1 aromatic heterocycles. The summed E-state index contributed by atoms with van der Waals surface area (Å²) in [6, 6.07) is 13.7. The van der Waals surface area contributed by atoms with Crippen molar-refractivity contribution in [3.8, 4) is 5.69 Å². The first kappa shape index (κ1) is 14.2. The minimum absolute atomic E-state index is 0.235. The molecular formula is C16H12N2O3S. The largest absolute Gasteiger partial charge is 0.465 e. The molecule has 3 rings (SSSR count). The Morgan fingerprint density at radius 1 is 1.18 bits per heavy atom. The Morgan fingerprint density at radius 3 is 2.73 bits per heavy atom. The minimum atomic E-state index is -0.467. The summed E-state index contributed by atoms with van der Waals surface area (Å²) in [5.41, 5.74) is 1.31. The molecule has 5 nitrogen and oxygen atoms in total. The van der Waals surface area contributed by atoms with Gasteiger partial charge in [0.2, 0.25) is 0 Å². The van der Waals surface area contributed by atoms with E-state index < -0.39 is 5.97 Å². The molecule has 0 atom stereocenters. The van der Waals surface area contributed by atoms with E-state index in [1.165, 1.54) is 11.7 Å². The van der Waals surface area contributed by atoms with E-state index in [1.54, 1.807) is 42.5 Å². The zero-order valence-corrected chi connectivity index (χ0v) is 12.5. The quantitative estimate of drug-likeness (QED) is 0.584. The summed E-state index contributed by atoms with van der Waals surface area (Å²) >= 11 is 5.28. The Labute approximate surface area is 130 Å². The number of carbonyl (C=O) groups is 1. The summed E-state index contributed by atoms with van der Waals surface area (Å²) in [4.78, 5) is 27.3. The van der Waals surface area contributed by atoms with Gasteiger partial charge in [0, 0.05) is 0 Å². The topological polar surface area (TPSA) is 64.1 Å². The van der Waals surface area contributed by atoms with Crippen molar-refractivity contribution < 1.29 is 9.53 Å². The first-order valence-corrected chi connectivity index (χ1v) is 6.95. The van der Waals surface area contributed by atoms with E-state index in [9.17, 15) is 9.59 Å². The molecule has 0 unspecified atom stereocenters. The van der Waals surface area contributed by atoms with Crippen LogP contribution in [0.25, 0.3) is 16.6 Å². The molecule has 3 aromatic rings. The first-order valence-electron chi connectivity index (χ1n) is 6.54. The van der Waals surface area contributed by atoms with E-state index in [2.05, 4.69) is 4.98 Å². The SMILES string of the molecule is COC(=O)c1cccc(-n2c(=S)[nH]c3ccccc3c2=O)c1. The van der Waals surface area contributed by atoms with Crippen LogP contribution in [0.3, 0.4) is 0 Å². The summed E-state index contributed by atoms with van der Waals surface area (Å²) in [6.07, 6.45) is 0. The highest BCUT2D eigenvalue weighted by Gasteiger charge is 2.10. The van der Waals surface area contributed by atoms with Gasteiger partial charge in [-0.1, -0.05) is 18.2 Å². The zero-order valence-electron chi connectivity index (χ0n) is 11.7. The molecule has 0 bridgehead atoms. The molecule has 0 aliphatic carbocycles. The van der Waals surface area contributed by atoms with Gasteiger partial charge < -0.3 is 9.72 Å². The maximum absolute atomic E-state index is 12.7. The van der Waals surface area contributed by atoms with E-state index in [-0.39, 0.29) is 10.3 Å². The number of carbonyl (C=O) groups excluding carboxylic acids is 1. The van der Waals surface area contributed by atoms with Crippen LogP contribution in [0.15, 0.2) is 53.3 Å². The Bertz CT molecular complexity index is 988. The average molecular weight is 312 g/mol. The van der Waals surface area contributed by atoms with Crippen LogP contribution in [0.5, 0.6) is 0 Å². The molecule has 110 valence electrons. The molecule has 0 spiro atoms. The van der Waals surface area contributed by atoms with Gasteiger partial charge in [0.1, 0.15) is 0 Å². The van der Waals surface area contributed by atoms with Gasteiger partial charge in [0.15, 0.2) is 4.77 Å². The smallest absolute Gasteiger partial charge is 0.337 e. The van der Waals surface area contributed by atoms with Crippen LogP contribution in [0.1, 0.15) is 10.4 Å². The standard InChI is InChI=1S/C16H12N2O3S/c1-21-15(20)10-5-4-6-11(9-10)18-14(19)12-7-2-3-8-13(12)17-16(18)22/h2-9H,1H3,(H,17,22). The summed E-state index contributed by atoms with van der Waals surface area (Å²) < 4.78 is 6.33. The molecule has 0 saturated carbocycles. The number of aromatic amines is 1. The van der Waals surface area contributed by atoms with Crippen molar-refractivity contribution in [2.45, 2.75) is 0 Å². The van der Waals surface area contributed by atoms with Gasteiger partial charge in [-0.05, 0) is 42.5 Å². The fraction of sp³-hybridized carbons (Fsp3) is 0.0625. The van der Waals surface area contributed by atoms with Crippen LogP contribution in [0.2, 0.25) is 0 Å². The lowest BCUT2D eigenvalue weighted by molar-refractivity contribution is 0.0600. The number of rotatable bonds is 2. The van der Waals surface area contributed by atoms with Crippen molar-refractivity contribution in [3.05, 3.63) is 69.2 Å². The maximum atomic E-state index is 12.7. The molecule has 0 fully saturated rings. The monoisotopic (exact) mass is 312 g/mol. The maximum Gasteiger partial charge on any atom is 0.337 e. The van der Waals surface area contributed by atoms with Crippen molar-refractivity contribution in [3.63, 3.8) is 0 Å².